The van der Waals surface area contributed by atoms with Gasteiger partial charge in [0.05, 0.1) is 17.4 Å². The molecule has 1 N–H and O–H groups in total. The van der Waals surface area contributed by atoms with Crippen LogP contribution in [0.2, 0.25) is 0 Å². The maximum absolute atomic E-state index is 12.3. The van der Waals surface area contributed by atoms with Crippen molar-refractivity contribution in [3.63, 3.8) is 0 Å². The number of carbonyl (C=O) groups excluding carboxylic acids is 1. The maximum Gasteiger partial charge on any atom is 0.228 e. The van der Waals surface area contributed by atoms with Crippen LogP contribution in [0.15, 0.2) is 42.5 Å². The molecule has 1 aliphatic heterocycles. The van der Waals surface area contributed by atoms with Crippen molar-refractivity contribution in [1.82, 2.24) is 0 Å². The van der Waals surface area contributed by atoms with Gasteiger partial charge in [-0.05, 0) is 47.2 Å². The lowest BCUT2D eigenvalue weighted by Crippen LogP contribution is -2.23. The van der Waals surface area contributed by atoms with Gasteiger partial charge < -0.3 is 5.32 Å². The molecule has 1 aliphatic carbocycles. The Kier molecular flexibility index (Phi) is 3.27. The summed E-state index contributed by atoms with van der Waals surface area (Å²) in [7, 11) is -3.04. The third-order valence-corrected chi connectivity index (χ3v) is 6.44. The van der Waals surface area contributed by atoms with Crippen LogP contribution in [0, 0.1) is 5.92 Å². The Bertz CT molecular complexity index is 902. The summed E-state index contributed by atoms with van der Waals surface area (Å²) in [5, 5.41) is 2.88. The van der Waals surface area contributed by atoms with Crippen LogP contribution in [0.4, 0.5) is 5.69 Å². The van der Waals surface area contributed by atoms with Gasteiger partial charge >= 0.3 is 0 Å². The number of benzene rings is 2. The van der Waals surface area contributed by atoms with Crippen LogP contribution < -0.4 is 5.32 Å². The van der Waals surface area contributed by atoms with E-state index in [0.29, 0.717) is 6.42 Å². The van der Waals surface area contributed by atoms with Crippen molar-refractivity contribution >= 4 is 21.4 Å². The van der Waals surface area contributed by atoms with E-state index in [2.05, 4.69) is 17.4 Å². The summed E-state index contributed by atoms with van der Waals surface area (Å²) < 4.78 is 23.0. The number of fused-ring (bicyclic) bond motifs is 3. The molecule has 118 valence electrons. The lowest BCUT2D eigenvalue weighted by atomic mass is 10.0. The van der Waals surface area contributed by atoms with Crippen molar-refractivity contribution in [1.29, 1.82) is 0 Å². The molecule has 4 nitrogen and oxygen atoms in total. The SMILES string of the molecule is O=C(Nc1ccc2c(c1)-c1ccccc1C2)[C@@H]1CCS(=O)(=O)C1. The molecule has 0 unspecified atom stereocenters. The number of hydrogen-bond donors (Lipinski definition) is 1. The summed E-state index contributed by atoms with van der Waals surface area (Å²) >= 11 is 0. The van der Waals surface area contributed by atoms with Crippen LogP contribution >= 0.6 is 0 Å². The van der Waals surface area contributed by atoms with Crippen molar-refractivity contribution in [2.45, 2.75) is 12.8 Å². The molecule has 2 aromatic rings. The second-order valence-corrected chi connectivity index (χ2v) is 8.52. The third kappa shape index (κ3) is 2.65. The summed E-state index contributed by atoms with van der Waals surface area (Å²) in [6.45, 7) is 0. The van der Waals surface area contributed by atoms with Gasteiger partial charge in [-0.1, -0.05) is 30.3 Å². The van der Waals surface area contributed by atoms with E-state index < -0.39 is 15.8 Å². The van der Waals surface area contributed by atoms with Crippen molar-refractivity contribution in [2.75, 3.05) is 16.8 Å². The minimum absolute atomic E-state index is 0.0351. The van der Waals surface area contributed by atoms with Crippen LogP contribution in [0.5, 0.6) is 0 Å². The summed E-state index contributed by atoms with van der Waals surface area (Å²) in [5.74, 6) is -0.548. The highest BCUT2D eigenvalue weighted by atomic mass is 32.2. The van der Waals surface area contributed by atoms with Gasteiger partial charge in [0.25, 0.3) is 0 Å². The van der Waals surface area contributed by atoms with Gasteiger partial charge in [-0.15, -0.1) is 0 Å². The van der Waals surface area contributed by atoms with Gasteiger partial charge in [0.15, 0.2) is 9.84 Å². The number of carbonyl (C=O) groups is 1. The van der Waals surface area contributed by atoms with Gasteiger partial charge in [0, 0.05) is 5.69 Å². The minimum Gasteiger partial charge on any atom is -0.326 e. The number of amides is 1. The molecular weight excluding hydrogens is 310 g/mol. The average molecular weight is 327 g/mol. The molecule has 0 saturated carbocycles. The fraction of sp³-hybridized carbons (Fsp3) is 0.278. The minimum atomic E-state index is -3.04. The predicted molar refractivity (Wildman–Crippen MR) is 90.1 cm³/mol. The zero-order chi connectivity index (χ0) is 16.0. The first-order chi connectivity index (χ1) is 11.0. The average Bonchev–Trinajstić information content (AvgIpc) is 3.07. The fourth-order valence-electron chi connectivity index (χ4n) is 3.45. The van der Waals surface area contributed by atoms with Crippen molar-refractivity contribution in [3.05, 3.63) is 53.6 Å². The van der Waals surface area contributed by atoms with Gasteiger partial charge in [-0.25, -0.2) is 8.42 Å². The molecule has 5 heteroatoms. The molecule has 1 fully saturated rings. The van der Waals surface area contributed by atoms with E-state index in [1.165, 1.54) is 16.7 Å². The van der Waals surface area contributed by atoms with Crippen LogP contribution in [0.25, 0.3) is 11.1 Å². The molecular formula is C18H17NO3S. The van der Waals surface area contributed by atoms with Crippen molar-refractivity contribution in [3.8, 4) is 11.1 Å². The van der Waals surface area contributed by atoms with Crippen molar-refractivity contribution in [2.24, 2.45) is 5.92 Å². The molecule has 1 heterocycles. The third-order valence-electron chi connectivity index (χ3n) is 4.67. The monoisotopic (exact) mass is 327 g/mol. The normalized spacial score (nSPS) is 20.8. The van der Waals surface area contributed by atoms with E-state index in [0.717, 1.165) is 17.7 Å². The molecule has 0 spiro atoms. The highest BCUT2D eigenvalue weighted by Crippen LogP contribution is 2.37. The lowest BCUT2D eigenvalue weighted by molar-refractivity contribution is -0.119. The van der Waals surface area contributed by atoms with E-state index >= 15 is 0 Å². The van der Waals surface area contributed by atoms with E-state index in [4.69, 9.17) is 0 Å². The first kappa shape index (κ1) is 14.5. The Labute approximate surface area is 135 Å². The van der Waals surface area contributed by atoms with Crippen LogP contribution in [-0.4, -0.2) is 25.8 Å². The Morgan fingerprint density at radius 2 is 1.83 bits per heavy atom. The molecule has 4 rings (SSSR count). The maximum atomic E-state index is 12.3. The molecule has 0 radical (unpaired) electrons. The first-order valence-corrected chi connectivity index (χ1v) is 9.56. The Morgan fingerprint density at radius 1 is 1.04 bits per heavy atom. The number of nitrogens with one attached hydrogen (secondary N) is 1. The Morgan fingerprint density at radius 3 is 2.61 bits per heavy atom. The van der Waals surface area contributed by atoms with E-state index in [1.54, 1.807) is 0 Å². The predicted octanol–water partition coefficient (Wildman–Crippen LogP) is 2.63. The Balaban J connectivity index is 1.57. The van der Waals surface area contributed by atoms with E-state index in [1.807, 2.05) is 30.3 Å². The van der Waals surface area contributed by atoms with Crippen LogP contribution in [-0.2, 0) is 21.1 Å². The zero-order valence-corrected chi connectivity index (χ0v) is 13.4. The largest absolute Gasteiger partial charge is 0.326 e. The zero-order valence-electron chi connectivity index (χ0n) is 12.6. The molecule has 0 bridgehead atoms. The van der Waals surface area contributed by atoms with Crippen LogP contribution in [0.3, 0.4) is 0 Å². The molecule has 23 heavy (non-hydrogen) atoms. The van der Waals surface area contributed by atoms with E-state index in [9.17, 15) is 13.2 Å². The lowest BCUT2D eigenvalue weighted by Gasteiger charge is -2.11. The number of anilines is 1. The number of sulfone groups is 1. The topological polar surface area (TPSA) is 63.2 Å². The van der Waals surface area contributed by atoms with Crippen LogP contribution in [0.1, 0.15) is 17.5 Å². The molecule has 1 saturated heterocycles. The summed E-state index contributed by atoms with van der Waals surface area (Å²) in [5.41, 5.74) is 5.65. The molecule has 0 aromatic heterocycles. The number of rotatable bonds is 2. The first-order valence-electron chi connectivity index (χ1n) is 7.74. The summed E-state index contributed by atoms with van der Waals surface area (Å²) in [4.78, 5) is 12.3. The quantitative estimate of drug-likeness (QED) is 0.787. The van der Waals surface area contributed by atoms with Crippen molar-refractivity contribution < 1.29 is 13.2 Å². The van der Waals surface area contributed by atoms with Gasteiger partial charge in [0.2, 0.25) is 5.91 Å². The number of hydrogen-bond acceptors (Lipinski definition) is 3. The molecule has 2 aliphatic rings. The highest BCUT2D eigenvalue weighted by Gasteiger charge is 2.33. The fourth-order valence-corrected chi connectivity index (χ4v) is 5.19. The second-order valence-electron chi connectivity index (χ2n) is 6.30. The Hall–Kier alpha value is -2.14. The van der Waals surface area contributed by atoms with Gasteiger partial charge in [-0.2, -0.15) is 0 Å². The molecule has 1 amide bonds. The smallest absolute Gasteiger partial charge is 0.228 e. The summed E-state index contributed by atoms with van der Waals surface area (Å²) in [6.07, 6.45) is 1.34. The van der Waals surface area contributed by atoms with E-state index in [-0.39, 0.29) is 17.4 Å². The van der Waals surface area contributed by atoms with Gasteiger partial charge in [-0.3, -0.25) is 4.79 Å². The molecule has 2 aromatic carbocycles. The van der Waals surface area contributed by atoms with Gasteiger partial charge in [0.1, 0.15) is 0 Å². The summed E-state index contributed by atoms with van der Waals surface area (Å²) in [6, 6.07) is 14.2. The second kappa shape index (κ2) is 5.20. The molecule has 1 atom stereocenters. The highest BCUT2D eigenvalue weighted by molar-refractivity contribution is 7.91. The standard InChI is InChI=1S/C18H17NO3S/c20-18(14-7-8-23(21,22)11-14)19-15-6-5-13-9-12-3-1-2-4-16(12)17(13)10-15/h1-6,10,14H,7-9,11H2,(H,19,20)/t14-/m1/s1.